The first-order chi connectivity index (χ1) is 12.1. The summed E-state index contributed by atoms with van der Waals surface area (Å²) in [6.07, 6.45) is 10.3. The second kappa shape index (κ2) is 8.28. The van der Waals surface area contributed by atoms with Crippen LogP contribution in [0.4, 0.5) is 0 Å². The van der Waals surface area contributed by atoms with E-state index in [0.717, 1.165) is 50.3 Å². The molecule has 3 heterocycles. The number of rotatable bonds is 6. The van der Waals surface area contributed by atoms with Crippen LogP contribution in [0.5, 0.6) is 0 Å². The van der Waals surface area contributed by atoms with Crippen molar-refractivity contribution in [1.29, 1.82) is 0 Å². The van der Waals surface area contributed by atoms with Gasteiger partial charge in [-0.15, -0.1) is 0 Å². The molecule has 0 radical (unpaired) electrons. The Labute approximate surface area is 150 Å². The van der Waals surface area contributed by atoms with E-state index in [-0.39, 0.29) is 5.91 Å². The van der Waals surface area contributed by atoms with Crippen molar-refractivity contribution in [3.05, 3.63) is 48.3 Å². The van der Waals surface area contributed by atoms with Gasteiger partial charge in [0.1, 0.15) is 5.82 Å². The minimum Gasteiger partial charge on any atom is -0.341 e. The number of likely N-dealkylation sites (tertiary alicyclic amines) is 1. The van der Waals surface area contributed by atoms with Crippen LogP contribution >= 0.6 is 0 Å². The van der Waals surface area contributed by atoms with Crippen LogP contribution in [0, 0.1) is 0 Å². The Bertz CT molecular complexity index is 680. The van der Waals surface area contributed by atoms with Gasteiger partial charge < -0.3 is 9.47 Å². The summed E-state index contributed by atoms with van der Waals surface area (Å²) in [6, 6.07) is 6.29. The number of carbonyl (C=O) groups excluding carboxylic acids is 1. The SMILES string of the molecule is CC(C)c1nccn1[C@H]1CCCN(C(=O)CCCc2ccccn2)C1. The lowest BCUT2D eigenvalue weighted by Crippen LogP contribution is -2.41. The van der Waals surface area contributed by atoms with Crippen molar-refractivity contribution in [1.82, 2.24) is 19.4 Å². The molecular formula is C20H28N4O. The van der Waals surface area contributed by atoms with Gasteiger partial charge in [-0.3, -0.25) is 9.78 Å². The third kappa shape index (κ3) is 4.47. The summed E-state index contributed by atoms with van der Waals surface area (Å²) in [5, 5.41) is 0. The van der Waals surface area contributed by atoms with Crippen molar-refractivity contribution in [3.63, 3.8) is 0 Å². The molecule has 1 aliphatic heterocycles. The van der Waals surface area contributed by atoms with Crippen LogP contribution in [0.1, 0.15) is 63.0 Å². The smallest absolute Gasteiger partial charge is 0.222 e. The summed E-state index contributed by atoms with van der Waals surface area (Å²) < 4.78 is 2.28. The van der Waals surface area contributed by atoms with Gasteiger partial charge in [0.05, 0.1) is 6.04 Å². The molecule has 0 spiro atoms. The maximum Gasteiger partial charge on any atom is 0.222 e. The van der Waals surface area contributed by atoms with E-state index in [4.69, 9.17) is 0 Å². The highest BCUT2D eigenvalue weighted by Gasteiger charge is 2.26. The molecule has 1 aliphatic rings. The minimum absolute atomic E-state index is 0.270. The standard InChI is InChI=1S/C20H28N4O/c1-16(2)20-22-12-14-24(20)18-9-6-13-23(15-18)19(25)10-5-8-17-7-3-4-11-21-17/h3-4,7,11-12,14,16,18H,5-6,8-10,13,15H2,1-2H3/t18-/m0/s1. The number of aromatic nitrogens is 3. The first-order valence-corrected chi connectivity index (χ1v) is 9.35. The summed E-state index contributed by atoms with van der Waals surface area (Å²) in [7, 11) is 0. The van der Waals surface area contributed by atoms with Crippen molar-refractivity contribution in [3.8, 4) is 0 Å². The Morgan fingerprint density at radius 2 is 2.16 bits per heavy atom. The molecule has 2 aromatic heterocycles. The van der Waals surface area contributed by atoms with Gasteiger partial charge in [0.25, 0.3) is 0 Å². The number of pyridine rings is 1. The molecule has 0 aliphatic carbocycles. The predicted molar refractivity (Wildman–Crippen MR) is 98.3 cm³/mol. The molecule has 1 saturated heterocycles. The normalized spacial score (nSPS) is 17.9. The number of piperidine rings is 1. The molecule has 5 nitrogen and oxygen atoms in total. The fourth-order valence-electron chi connectivity index (χ4n) is 3.61. The molecule has 0 N–H and O–H groups in total. The van der Waals surface area contributed by atoms with E-state index in [2.05, 4.69) is 34.6 Å². The molecule has 5 heteroatoms. The Kier molecular flexibility index (Phi) is 5.84. The van der Waals surface area contributed by atoms with Gasteiger partial charge in [-0.2, -0.15) is 0 Å². The van der Waals surface area contributed by atoms with Crippen LogP contribution < -0.4 is 0 Å². The first kappa shape index (κ1) is 17.6. The average molecular weight is 340 g/mol. The fourth-order valence-corrected chi connectivity index (χ4v) is 3.61. The third-order valence-electron chi connectivity index (χ3n) is 4.91. The Morgan fingerprint density at radius 1 is 1.28 bits per heavy atom. The van der Waals surface area contributed by atoms with Crippen molar-refractivity contribution < 1.29 is 4.79 Å². The number of imidazole rings is 1. The second-order valence-electron chi connectivity index (χ2n) is 7.16. The molecule has 1 fully saturated rings. The monoisotopic (exact) mass is 340 g/mol. The third-order valence-corrected chi connectivity index (χ3v) is 4.91. The molecule has 0 saturated carbocycles. The lowest BCUT2D eigenvalue weighted by Gasteiger charge is -2.34. The highest BCUT2D eigenvalue weighted by molar-refractivity contribution is 5.76. The topological polar surface area (TPSA) is 51.0 Å². The number of amides is 1. The first-order valence-electron chi connectivity index (χ1n) is 9.35. The lowest BCUT2D eigenvalue weighted by atomic mass is 10.0. The van der Waals surface area contributed by atoms with Gasteiger partial charge >= 0.3 is 0 Å². The molecule has 25 heavy (non-hydrogen) atoms. The molecule has 2 aromatic rings. The van der Waals surface area contributed by atoms with Crippen LogP contribution in [0.15, 0.2) is 36.8 Å². The summed E-state index contributed by atoms with van der Waals surface area (Å²) in [5.74, 6) is 1.79. The van der Waals surface area contributed by atoms with Gasteiger partial charge in [0.2, 0.25) is 5.91 Å². The Hall–Kier alpha value is -2.17. The molecule has 1 atom stereocenters. The largest absolute Gasteiger partial charge is 0.341 e. The molecule has 0 unspecified atom stereocenters. The number of hydrogen-bond donors (Lipinski definition) is 0. The van der Waals surface area contributed by atoms with E-state index in [9.17, 15) is 4.79 Å². The zero-order valence-corrected chi connectivity index (χ0v) is 15.3. The van der Waals surface area contributed by atoms with Crippen molar-refractivity contribution in [2.24, 2.45) is 0 Å². The molecule has 0 bridgehead atoms. The highest BCUT2D eigenvalue weighted by atomic mass is 16.2. The van der Waals surface area contributed by atoms with Gasteiger partial charge in [-0.05, 0) is 37.8 Å². The van der Waals surface area contributed by atoms with Crippen LogP contribution in [0.25, 0.3) is 0 Å². The van der Waals surface area contributed by atoms with E-state index in [1.54, 1.807) is 0 Å². The summed E-state index contributed by atoms with van der Waals surface area (Å²) in [6.45, 7) is 6.02. The van der Waals surface area contributed by atoms with E-state index >= 15 is 0 Å². The lowest BCUT2D eigenvalue weighted by molar-refractivity contribution is -0.132. The van der Waals surface area contributed by atoms with Gasteiger partial charge in [-0.1, -0.05) is 19.9 Å². The zero-order valence-electron chi connectivity index (χ0n) is 15.3. The van der Waals surface area contributed by atoms with Gasteiger partial charge in [0, 0.05) is 49.7 Å². The molecule has 3 rings (SSSR count). The number of aryl methyl sites for hydroxylation is 1. The van der Waals surface area contributed by atoms with Crippen LogP contribution in [-0.4, -0.2) is 38.4 Å². The fraction of sp³-hybridized carbons (Fsp3) is 0.550. The van der Waals surface area contributed by atoms with Crippen LogP contribution in [0.3, 0.4) is 0 Å². The van der Waals surface area contributed by atoms with Crippen molar-refractivity contribution in [2.75, 3.05) is 13.1 Å². The van der Waals surface area contributed by atoms with E-state index in [1.807, 2.05) is 35.5 Å². The second-order valence-corrected chi connectivity index (χ2v) is 7.16. The van der Waals surface area contributed by atoms with Gasteiger partial charge in [0.15, 0.2) is 0 Å². The average Bonchev–Trinajstić information content (AvgIpc) is 3.13. The number of nitrogens with zero attached hydrogens (tertiary/aromatic N) is 4. The van der Waals surface area contributed by atoms with Crippen LogP contribution in [-0.2, 0) is 11.2 Å². The molecule has 134 valence electrons. The summed E-state index contributed by atoms with van der Waals surface area (Å²) in [5.41, 5.74) is 1.06. The van der Waals surface area contributed by atoms with Crippen LogP contribution in [0.2, 0.25) is 0 Å². The van der Waals surface area contributed by atoms with E-state index in [0.29, 0.717) is 18.4 Å². The van der Waals surface area contributed by atoms with Crippen molar-refractivity contribution >= 4 is 5.91 Å². The quantitative estimate of drug-likeness (QED) is 0.807. The zero-order chi connectivity index (χ0) is 17.6. The summed E-state index contributed by atoms with van der Waals surface area (Å²) >= 11 is 0. The predicted octanol–water partition coefficient (Wildman–Crippen LogP) is 3.59. The Balaban J connectivity index is 1.54. The molecular weight excluding hydrogens is 312 g/mol. The minimum atomic E-state index is 0.270. The van der Waals surface area contributed by atoms with E-state index < -0.39 is 0 Å². The van der Waals surface area contributed by atoms with Gasteiger partial charge in [-0.25, -0.2) is 4.98 Å². The van der Waals surface area contributed by atoms with Crippen molar-refractivity contribution in [2.45, 2.75) is 57.9 Å². The molecule has 1 amide bonds. The van der Waals surface area contributed by atoms with E-state index in [1.165, 1.54) is 0 Å². The maximum absolute atomic E-state index is 12.6. The number of carbonyl (C=O) groups is 1. The number of hydrogen-bond acceptors (Lipinski definition) is 3. The highest BCUT2D eigenvalue weighted by Crippen LogP contribution is 2.26. The maximum atomic E-state index is 12.6. The Morgan fingerprint density at radius 3 is 2.92 bits per heavy atom. The summed E-state index contributed by atoms with van der Waals surface area (Å²) in [4.78, 5) is 23.5. The molecule has 0 aromatic carbocycles.